The minimum absolute atomic E-state index is 0.256. The maximum absolute atomic E-state index is 12.0. The SMILES string of the molecule is CCCc1[nH]nc(C(=O)NCCc2cccc(Cl)c2)c1N. The van der Waals surface area contributed by atoms with Gasteiger partial charge in [-0.25, -0.2) is 0 Å². The number of hydrogen-bond acceptors (Lipinski definition) is 3. The molecule has 0 saturated carbocycles. The van der Waals surface area contributed by atoms with Crippen LogP contribution in [0.2, 0.25) is 5.02 Å². The lowest BCUT2D eigenvalue weighted by Crippen LogP contribution is -2.26. The zero-order chi connectivity index (χ0) is 15.2. The van der Waals surface area contributed by atoms with Gasteiger partial charge in [0.05, 0.1) is 11.4 Å². The maximum atomic E-state index is 12.0. The van der Waals surface area contributed by atoms with E-state index in [1.165, 1.54) is 0 Å². The lowest BCUT2D eigenvalue weighted by Gasteiger charge is -2.05. The number of benzene rings is 1. The van der Waals surface area contributed by atoms with Crippen LogP contribution in [-0.2, 0) is 12.8 Å². The molecule has 0 atom stereocenters. The van der Waals surface area contributed by atoms with Crippen LogP contribution in [0, 0.1) is 0 Å². The Morgan fingerprint density at radius 1 is 1.43 bits per heavy atom. The van der Waals surface area contributed by atoms with Gasteiger partial charge in [0.1, 0.15) is 0 Å². The lowest BCUT2D eigenvalue weighted by molar-refractivity contribution is 0.0950. The number of aryl methyl sites for hydroxylation is 1. The summed E-state index contributed by atoms with van der Waals surface area (Å²) in [4.78, 5) is 12.0. The first-order valence-electron chi connectivity index (χ1n) is 6.97. The number of H-pyrrole nitrogens is 1. The molecule has 0 fully saturated rings. The predicted octanol–water partition coefficient (Wildman–Crippen LogP) is 2.57. The van der Waals surface area contributed by atoms with Gasteiger partial charge in [0.15, 0.2) is 5.69 Å². The number of nitrogen functional groups attached to an aromatic ring is 1. The van der Waals surface area contributed by atoms with Crippen LogP contribution in [0.3, 0.4) is 0 Å². The number of nitrogens with one attached hydrogen (secondary N) is 2. The van der Waals surface area contributed by atoms with Crippen molar-refractivity contribution >= 4 is 23.2 Å². The second-order valence-corrected chi connectivity index (χ2v) is 5.29. The van der Waals surface area contributed by atoms with Gasteiger partial charge in [0.2, 0.25) is 0 Å². The van der Waals surface area contributed by atoms with Gasteiger partial charge in [0.25, 0.3) is 5.91 Å². The van der Waals surface area contributed by atoms with Crippen LogP contribution in [0.15, 0.2) is 24.3 Å². The molecule has 1 aromatic heterocycles. The largest absolute Gasteiger partial charge is 0.395 e. The van der Waals surface area contributed by atoms with Gasteiger partial charge in [-0.2, -0.15) is 5.10 Å². The number of carbonyl (C=O) groups excluding carboxylic acids is 1. The van der Waals surface area contributed by atoms with E-state index in [1.54, 1.807) is 0 Å². The molecule has 1 aromatic carbocycles. The van der Waals surface area contributed by atoms with Crippen LogP contribution in [0.4, 0.5) is 5.69 Å². The van der Waals surface area contributed by atoms with E-state index in [0.717, 1.165) is 24.1 Å². The number of carbonyl (C=O) groups is 1. The second-order valence-electron chi connectivity index (χ2n) is 4.85. The van der Waals surface area contributed by atoms with E-state index >= 15 is 0 Å². The molecule has 0 saturated heterocycles. The Morgan fingerprint density at radius 2 is 2.24 bits per heavy atom. The van der Waals surface area contributed by atoms with Crippen LogP contribution in [0.25, 0.3) is 0 Å². The Kier molecular flexibility index (Phi) is 5.22. The van der Waals surface area contributed by atoms with E-state index in [9.17, 15) is 4.79 Å². The topological polar surface area (TPSA) is 83.8 Å². The van der Waals surface area contributed by atoms with Gasteiger partial charge < -0.3 is 11.1 Å². The molecule has 2 aromatic rings. The summed E-state index contributed by atoms with van der Waals surface area (Å²) in [7, 11) is 0. The average Bonchev–Trinajstić information content (AvgIpc) is 2.81. The first kappa shape index (κ1) is 15.4. The molecule has 0 aliphatic rings. The summed E-state index contributed by atoms with van der Waals surface area (Å²) in [6, 6.07) is 7.57. The van der Waals surface area contributed by atoms with Gasteiger partial charge in [0, 0.05) is 11.6 Å². The highest BCUT2D eigenvalue weighted by Gasteiger charge is 2.16. The first-order valence-corrected chi connectivity index (χ1v) is 7.35. The number of anilines is 1. The van der Waals surface area contributed by atoms with Gasteiger partial charge in [-0.1, -0.05) is 37.1 Å². The Morgan fingerprint density at radius 3 is 2.95 bits per heavy atom. The number of hydrogen-bond donors (Lipinski definition) is 3. The molecule has 0 radical (unpaired) electrons. The van der Waals surface area contributed by atoms with E-state index in [-0.39, 0.29) is 11.6 Å². The molecule has 1 heterocycles. The van der Waals surface area contributed by atoms with Crippen molar-refractivity contribution in [2.45, 2.75) is 26.2 Å². The van der Waals surface area contributed by atoms with Gasteiger partial charge >= 0.3 is 0 Å². The monoisotopic (exact) mass is 306 g/mol. The minimum atomic E-state index is -0.256. The number of halogens is 1. The van der Waals surface area contributed by atoms with Crippen LogP contribution in [0.1, 0.15) is 35.1 Å². The van der Waals surface area contributed by atoms with E-state index < -0.39 is 0 Å². The Hall–Kier alpha value is -2.01. The molecule has 6 heteroatoms. The van der Waals surface area contributed by atoms with E-state index in [0.29, 0.717) is 23.7 Å². The zero-order valence-corrected chi connectivity index (χ0v) is 12.7. The molecule has 0 aliphatic heterocycles. The van der Waals surface area contributed by atoms with Gasteiger partial charge in [-0.3, -0.25) is 9.89 Å². The maximum Gasteiger partial charge on any atom is 0.273 e. The van der Waals surface area contributed by atoms with Gasteiger partial charge in [-0.15, -0.1) is 0 Å². The van der Waals surface area contributed by atoms with Crippen molar-refractivity contribution in [3.05, 3.63) is 46.2 Å². The van der Waals surface area contributed by atoms with Crippen molar-refractivity contribution in [2.75, 3.05) is 12.3 Å². The highest BCUT2D eigenvalue weighted by molar-refractivity contribution is 6.30. The summed E-state index contributed by atoms with van der Waals surface area (Å²) >= 11 is 5.92. The highest BCUT2D eigenvalue weighted by atomic mass is 35.5. The fourth-order valence-corrected chi connectivity index (χ4v) is 2.31. The number of nitrogens with two attached hydrogens (primary N) is 1. The van der Waals surface area contributed by atoms with Crippen molar-refractivity contribution in [2.24, 2.45) is 0 Å². The molecular formula is C15H19ClN4O. The van der Waals surface area contributed by atoms with Crippen LogP contribution < -0.4 is 11.1 Å². The van der Waals surface area contributed by atoms with Crippen molar-refractivity contribution < 1.29 is 4.79 Å². The van der Waals surface area contributed by atoms with Crippen LogP contribution >= 0.6 is 11.6 Å². The summed E-state index contributed by atoms with van der Waals surface area (Å²) in [5.74, 6) is -0.256. The molecule has 112 valence electrons. The fourth-order valence-electron chi connectivity index (χ4n) is 2.10. The van der Waals surface area contributed by atoms with Crippen LogP contribution in [-0.4, -0.2) is 22.6 Å². The quantitative estimate of drug-likeness (QED) is 0.767. The van der Waals surface area contributed by atoms with E-state index in [4.69, 9.17) is 17.3 Å². The van der Waals surface area contributed by atoms with E-state index in [2.05, 4.69) is 15.5 Å². The molecule has 0 aliphatic carbocycles. The average molecular weight is 307 g/mol. The third-order valence-electron chi connectivity index (χ3n) is 3.19. The van der Waals surface area contributed by atoms with Crippen molar-refractivity contribution in [3.8, 4) is 0 Å². The molecular weight excluding hydrogens is 288 g/mol. The summed E-state index contributed by atoms with van der Waals surface area (Å²) in [6.07, 6.45) is 2.44. The highest BCUT2D eigenvalue weighted by Crippen LogP contribution is 2.15. The Labute approximate surface area is 128 Å². The molecule has 1 amide bonds. The minimum Gasteiger partial charge on any atom is -0.395 e. The Bertz CT molecular complexity index is 624. The number of aromatic amines is 1. The summed E-state index contributed by atoms with van der Waals surface area (Å²) in [5.41, 5.74) is 8.52. The van der Waals surface area contributed by atoms with Crippen molar-refractivity contribution in [1.29, 1.82) is 0 Å². The molecule has 21 heavy (non-hydrogen) atoms. The summed E-state index contributed by atoms with van der Waals surface area (Å²) < 4.78 is 0. The van der Waals surface area contributed by atoms with E-state index in [1.807, 2.05) is 31.2 Å². The number of rotatable bonds is 6. The normalized spacial score (nSPS) is 10.6. The van der Waals surface area contributed by atoms with Gasteiger partial charge in [-0.05, 0) is 30.5 Å². The fraction of sp³-hybridized carbons (Fsp3) is 0.333. The van der Waals surface area contributed by atoms with Crippen molar-refractivity contribution in [3.63, 3.8) is 0 Å². The molecule has 5 nitrogen and oxygen atoms in total. The zero-order valence-electron chi connectivity index (χ0n) is 11.9. The standard InChI is InChI=1S/C15H19ClN4O/c1-2-4-12-13(17)14(20-19-12)15(21)18-8-7-10-5-3-6-11(16)9-10/h3,5-6,9H,2,4,7-8,17H2,1H3,(H,18,21)(H,19,20). The summed E-state index contributed by atoms with van der Waals surface area (Å²) in [5, 5.41) is 10.3. The molecule has 2 rings (SSSR count). The molecule has 4 N–H and O–H groups in total. The molecule has 0 bridgehead atoms. The number of nitrogens with zero attached hydrogens (tertiary/aromatic N) is 1. The lowest BCUT2D eigenvalue weighted by atomic mass is 10.1. The second kappa shape index (κ2) is 7.13. The smallest absolute Gasteiger partial charge is 0.273 e. The number of aromatic nitrogens is 2. The summed E-state index contributed by atoms with van der Waals surface area (Å²) in [6.45, 7) is 2.56. The molecule has 0 unspecified atom stereocenters. The Balaban J connectivity index is 1.90. The molecule has 0 spiro atoms. The third-order valence-corrected chi connectivity index (χ3v) is 3.42. The third kappa shape index (κ3) is 3.98. The predicted molar refractivity (Wildman–Crippen MR) is 84.5 cm³/mol. The van der Waals surface area contributed by atoms with Crippen molar-refractivity contribution in [1.82, 2.24) is 15.5 Å². The first-order chi connectivity index (χ1) is 10.1. The van der Waals surface area contributed by atoms with Crippen LogP contribution in [0.5, 0.6) is 0 Å². The number of amides is 1.